The molecule has 0 fully saturated rings. The number of rotatable bonds is 4. The van der Waals surface area contributed by atoms with Gasteiger partial charge in [0.05, 0.1) is 22.4 Å². The maximum absolute atomic E-state index is 11.3. The first kappa shape index (κ1) is 13.9. The molecule has 0 aliphatic heterocycles. The Kier molecular flexibility index (Phi) is 3.56. The lowest BCUT2D eigenvalue weighted by atomic mass is 10.2. The fourth-order valence-electron chi connectivity index (χ4n) is 2.12. The van der Waals surface area contributed by atoms with Crippen LogP contribution in [0.2, 0.25) is 5.02 Å². The third kappa shape index (κ3) is 2.26. The van der Waals surface area contributed by atoms with E-state index < -0.39 is 5.97 Å². The van der Waals surface area contributed by atoms with Gasteiger partial charge in [0.1, 0.15) is 16.7 Å². The van der Waals surface area contributed by atoms with Crippen molar-refractivity contribution in [3.63, 3.8) is 0 Å². The molecule has 9 heteroatoms. The molecule has 3 aromatic rings. The second-order valence-electron chi connectivity index (χ2n) is 4.38. The maximum Gasteiger partial charge on any atom is 0.358 e. The van der Waals surface area contributed by atoms with E-state index in [0.29, 0.717) is 33.9 Å². The second kappa shape index (κ2) is 5.38. The van der Waals surface area contributed by atoms with Gasteiger partial charge in [-0.3, -0.25) is 0 Å². The van der Waals surface area contributed by atoms with Crippen molar-refractivity contribution in [2.24, 2.45) is 0 Å². The summed E-state index contributed by atoms with van der Waals surface area (Å²) >= 11 is 7.32. The summed E-state index contributed by atoms with van der Waals surface area (Å²) in [5.41, 5.74) is 2.24. The van der Waals surface area contributed by atoms with Gasteiger partial charge in [0.2, 0.25) is 0 Å². The van der Waals surface area contributed by atoms with Crippen LogP contribution >= 0.6 is 23.3 Å². The first-order chi connectivity index (χ1) is 10.1. The van der Waals surface area contributed by atoms with Gasteiger partial charge in [0.25, 0.3) is 0 Å². The van der Waals surface area contributed by atoms with Crippen molar-refractivity contribution < 1.29 is 9.90 Å². The highest BCUT2D eigenvalue weighted by Crippen LogP contribution is 2.29. The van der Waals surface area contributed by atoms with Gasteiger partial charge in [0.15, 0.2) is 5.69 Å². The Morgan fingerprint density at radius 2 is 2.24 bits per heavy atom. The molecule has 0 unspecified atom stereocenters. The van der Waals surface area contributed by atoms with Crippen LogP contribution in [0.5, 0.6) is 0 Å². The van der Waals surface area contributed by atoms with Crippen molar-refractivity contribution in [2.45, 2.75) is 19.8 Å². The fourth-order valence-corrected chi connectivity index (χ4v) is 2.89. The van der Waals surface area contributed by atoms with Crippen LogP contribution < -0.4 is 0 Å². The van der Waals surface area contributed by atoms with E-state index >= 15 is 0 Å². The van der Waals surface area contributed by atoms with Crippen molar-refractivity contribution in [1.29, 1.82) is 0 Å². The fraction of sp³-hybridized carbons (Fsp3) is 0.250. The molecule has 2 aromatic heterocycles. The van der Waals surface area contributed by atoms with Crippen molar-refractivity contribution in [1.82, 2.24) is 23.7 Å². The van der Waals surface area contributed by atoms with E-state index in [1.54, 1.807) is 12.1 Å². The van der Waals surface area contributed by atoms with Crippen LogP contribution in [0.25, 0.3) is 16.7 Å². The number of carbonyl (C=O) groups is 1. The summed E-state index contributed by atoms with van der Waals surface area (Å²) in [4.78, 5) is 11.3. The molecular formula is C12H10ClN5O2S. The monoisotopic (exact) mass is 323 g/mol. The predicted molar refractivity (Wildman–Crippen MR) is 78.3 cm³/mol. The molecule has 7 nitrogen and oxygen atoms in total. The molecule has 0 spiro atoms. The molecule has 1 aromatic carbocycles. The number of hydrogen-bond acceptors (Lipinski definition) is 6. The van der Waals surface area contributed by atoms with E-state index in [1.165, 1.54) is 4.68 Å². The molecule has 108 valence electrons. The first-order valence-corrected chi connectivity index (χ1v) is 7.33. The zero-order valence-electron chi connectivity index (χ0n) is 10.9. The lowest BCUT2D eigenvalue weighted by Crippen LogP contribution is -2.07. The quantitative estimate of drug-likeness (QED) is 0.793. The number of aromatic carboxylic acids is 1. The molecule has 3 rings (SSSR count). The van der Waals surface area contributed by atoms with Crippen LogP contribution in [0.3, 0.4) is 0 Å². The molecular weight excluding hydrogens is 314 g/mol. The van der Waals surface area contributed by atoms with Gasteiger partial charge < -0.3 is 5.11 Å². The molecule has 2 heterocycles. The number of halogens is 1. The average molecular weight is 324 g/mol. The molecule has 0 amide bonds. The van der Waals surface area contributed by atoms with Gasteiger partial charge in [-0.25, -0.2) is 9.48 Å². The Bertz CT molecular complexity index is 828. The Morgan fingerprint density at radius 1 is 1.43 bits per heavy atom. The highest BCUT2D eigenvalue weighted by atomic mass is 35.5. The third-order valence-corrected chi connectivity index (χ3v) is 3.86. The normalized spacial score (nSPS) is 11.1. The van der Waals surface area contributed by atoms with Crippen LogP contribution in [-0.4, -0.2) is 34.8 Å². The van der Waals surface area contributed by atoms with E-state index in [1.807, 2.05) is 6.92 Å². The molecule has 1 N–H and O–H groups in total. The smallest absolute Gasteiger partial charge is 0.358 e. The minimum atomic E-state index is -1.11. The molecule has 0 aliphatic carbocycles. The van der Waals surface area contributed by atoms with Crippen molar-refractivity contribution in [3.05, 3.63) is 28.5 Å². The summed E-state index contributed by atoms with van der Waals surface area (Å²) in [6, 6.07) is 3.46. The zero-order valence-corrected chi connectivity index (χ0v) is 12.5. The zero-order chi connectivity index (χ0) is 15.0. The minimum absolute atomic E-state index is 0.0619. The lowest BCUT2D eigenvalue weighted by Gasteiger charge is -2.08. The number of hydrogen-bond donors (Lipinski definition) is 1. The standard InChI is InChI=1S/C12H10ClN5O2S/c1-2-3-8-10(12(19)20)14-17-18(8)11-6(13)4-5-7-9(11)16-21-15-7/h4-5H,2-3H2,1H3,(H,19,20). The molecule has 0 aliphatic rings. The summed E-state index contributed by atoms with van der Waals surface area (Å²) in [6.07, 6.45) is 1.29. The summed E-state index contributed by atoms with van der Waals surface area (Å²) < 4.78 is 9.84. The summed E-state index contributed by atoms with van der Waals surface area (Å²) in [7, 11) is 0. The number of carboxylic acids is 1. The van der Waals surface area contributed by atoms with E-state index in [0.717, 1.165) is 18.1 Å². The maximum atomic E-state index is 11.3. The van der Waals surface area contributed by atoms with E-state index in [-0.39, 0.29) is 5.69 Å². The summed E-state index contributed by atoms with van der Waals surface area (Å²) in [6.45, 7) is 1.95. The van der Waals surface area contributed by atoms with Gasteiger partial charge in [-0.1, -0.05) is 30.2 Å². The molecule has 0 saturated carbocycles. The number of aromatic nitrogens is 5. The molecule has 0 atom stereocenters. The van der Waals surface area contributed by atoms with Gasteiger partial charge in [-0.05, 0) is 18.6 Å². The Labute approximate surface area is 128 Å². The average Bonchev–Trinajstić information content (AvgIpc) is 3.06. The topological polar surface area (TPSA) is 93.8 Å². The van der Waals surface area contributed by atoms with Crippen molar-refractivity contribution >= 4 is 40.3 Å². The van der Waals surface area contributed by atoms with E-state index in [2.05, 4.69) is 19.1 Å². The highest BCUT2D eigenvalue weighted by Gasteiger charge is 2.22. The molecule has 0 radical (unpaired) electrons. The number of fused-ring (bicyclic) bond motifs is 1. The lowest BCUT2D eigenvalue weighted by molar-refractivity contribution is 0.0689. The van der Waals surface area contributed by atoms with Gasteiger partial charge >= 0.3 is 5.97 Å². The van der Waals surface area contributed by atoms with Gasteiger partial charge in [0, 0.05) is 0 Å². The predicted octanol–water partition coefficient (Wildman–Crippen LogP) is 2.58. The van der Waals surface area contributed by atoms with Crippen LogP contribution in [0.15, 0.2) is 12.1 Å². The third-order valence-electron chi connectivity index (χ3n) is 3.02. The van der Waals surface area contributed by atoms with Gasteiger partial charge in [-0.15, -0.1) is 5.10 Å². The van der Waals surface area contributed by atoms with Crippen molar-refractivity contribution in [2.75, 3.05) is 0 Å². The molecule has 21 heavy (non-hydrogen) atoms. The van der Waals surface area contributed by atoms with Crippen LogP contribution in [0.1, 0.15) is 29.5 Å². The molecule has 0 bridgehead atoms. The summed E-state index contributed by atoms with van der Waals surface area (Å²) in [5, 5.41) is 17.4. The summed E-state index contributed by atoms with van der Waals surface area (Å²) in [5.74, 6) is -1.11. The van der Waals surface area contributed by atoms with Crippen LogP contribution in [-0.2, 0) is 6.42 Å². The minimum Gasteiger partial charge on any atom is -0.476 e. The number of benzene rings is 1. The van der Waals surface area contributed by atoms with E-state index in [4.69, 9.17) is 11.6 Å². The van der Waals surface area contributed by atoms with Gasteiger partial charge in [-0.2, -0.15) is 8.75 Å². The Morgan fingerprint density at radius 3 is 2.95 bits per heavy atom. The SMILES string of the molecule is CCCc1c(C(=O)O)nnn1-c1c(Cl)ccc2nsnc12. The largest absolute Gasteiger partial charge is 0.476 e. The molecule has 0 saturated heterocycles. The highest BCUT2D eigenvalue weighted by molar-refractivity contribution is 7.00. The van der Waals surface area contributed by atoms with Crippen molar-refractivity contribution in [3.8, 4) is 5.69 Å². The Balaban J connectivity index is 2.30. The van der Waals surface area contributed by atoms with Crippen LogP contribution in [0, 0.1) is 0 Å². The number of carboxylic acid groups (broad SMARTS) is 1. The van der Waals surface area contributed by atoms with Crippen LogP contribution in [0.4, 0.5) is 0 Å². The first-order valence-electron chi connectivity index (χ1n) is 6.22. The number of nitrogens with zero attached hydrogens (tertiary/aromatic N) is 5. The Hall–Kier alpha value is -2.06. The van der Waals surface area contributed by atoms with E-state index in [9.17, 15) is 9.90 Å². The second-order valence-corrected chi connectivity index (χ2v) is 5.32.